The highest BCUT2D eigenvalue weighted by atomic mass is 79.9. The number of allylic oxidation sites excluding steroid dienone is 3. The maximum absolute atomic E-state index is 12.3. The molecule has 1 aromatic heterocycles. The summed E-state index contributed by atoms with van der Waals surface area (Å²) in [5, 5.41) is 16.8. The summed E-state index contributed by atoms with van der Waals surface area (Å²) in [6.45, 7) is 7.59. The third kappa shape index (κ3) is 5.89. The molecule has 1 heterocycles. The lowest BCUT2D eigenvalue weighted by Gasteiger charge is -2.09. The van der Waals surface area contributed by atoms with Gasteiger partial charge in [0, 0.05) is 23.9 Å². The normalized spacial score (nSPS) is 10.4. The maximum Gasteiger partial charge on any atom is 0.310 e. The number of hydrogen-bond donors (Lipinski definition) is 2. The summed E-state index contributed by atoms with van der Waals surface area (Å²) < 4.78 is 0.481. The number of nitro groups is 1. The molecule has 2 rings (SSSR count). The summed E-state index contributed by atoms with van der Waals surface area (Å²) in [6.07, 6.45) is 6.07. The van der Waals surface area contributed by atoms with Gasteiger partial charge in [-0.3, -0.25) is 14.9 Å². The number of carbonyl (C=O) groups is 1. The fourth-order valence-corrected chi connectivity index (χ4v) is 2.50. The molecule has 0 aliphatic heterocycles. The number of carbonyl (C=O) groups excluding carboxylic acids is 1. The lowest BCUT2D eigenvalue weighted by molar-refractivity contribution is -0.384. The molecule has 0 spiro atoms. The number of benzene rings is 1. The summed E-state index contributed by atoms with van der Waals surface area (Å²) in [4.78, 5) is 26.7. The topological polar surface area (TPSA) is 97.2 Å². The second-order valence-corrected chi connectivity index (χ2v) is 6.22. The predicted octanol–water partition coefficient (Wildman–Crippen LogP) is 4.35. The number of pyridine rings is 1. The van der Waals surface area contributed by atoms with Crippen molar-refractivity contribution in [3.8, 4) is 0 Å². The minimum atomic E-state index is -0.506. The molecule has 1 amide bonds. The van der Waals surface area contributed by atoms with E-state index in [1.807, 2.05) is 6.07 Å². The van der Waals surface area contributed by atoms with Gasteiger partial charge in [-0.05, 0) is 39.7 Å². The Morgan fingerprint density at radius 3 is 2.85 bits per heavy atom. The van der Waals surface area contributed by atoms with Crippen LogP contribution < -0.4 is 10.6 Å². The zero-order chi connectivity index (χ0) is 19.8. The van der Waals surface area contributed by atoms with Crippen LogP contribution in [0.3, 0.4) is 0 Å². The Hall–Kier alpha value is -3.26. The molecule has 0 saturated heterocycles. The Morgan fingerprint density at radius 2 is 2.15 bits per heavy atom. The predicted molar refractivity (Wildman–Crippen MR) is 108 cm³/mol. The molecule has 0 radical (unpaired) electrons. The van der Waals surface area contributed by atoms with Crippen molar-refractivity contribution in [2.24, 2.45) is 0 Å². The van der Waals surface area contributed by atoms with Crippen LogP contribution in [0.15, 0.2) is 78.2 Å². The molecular weight excluding hydrogens is 412 g/mol. The molecule has 0 fully saturated rings. The lowest BCUT2D eigenvalue weighted by Crippen LogP contribution is -2.21. The number of aromatic nitrogens is 1. The SMILES string of the molecule is C=C/C=C\C(=C)NC(=O)c1cccc(CNc2cc(Br)ncc2[N+](=O)[O-])c1. The highest BCUT2D eigenvalue weighted by Gasteiger charge is 2.15. The Labute approximate surface area is 164 Å². The van der Waals surface area contributed by atoms with E-state index in [1.54, 1.807) is 36.4 Å². The van der Waals surface area contributed by atoms with Crippen LogP contribution in [0.4, 0.5) is 11.4 Å². The number of rotatable bonds is 8. The van der Waals surface area contributed by atoms with Crippen LogP contribution in [-0.4, -0.2) is 15.8 Å². The first-order chi connectivity index (χ1) is 12.9. The van der Waals surface area contributed by atoms with E-state index in [-0.39, 0.29) is 11.6 Å². The van der Waals surface area contributed by atoms with Crippen LogP contribution in [0.1, 0.15) is 15.9 Å². The summed E-state index contributed by atoms with van der Waals surface area (Å²) >= 11 is 3.20. The molecular formula is C19H17BrN4O3. The first-order valence-corrected chi connectivity index (χ1v) is 8.62. The molecule has 7 nitrogen and oxygen atoms in total. The van der Waals surface area contributed by atoms with Gasteiger partial charge in [0.05, 0.1) is 4.92 Å². The van der Waals surface area contributed by atoms with Crippen molar-refractivity contribution in [2.45, 2.75) is 6.54 Å². The monoisotopic (exact) mass is 428 g/mol. The maximum atomic E-state index is 12.3. The summed E-state index contributed by atoms with van der Waals surface area (Å²) in [5.74, 6) is -0.298. The fourth-order valence-electron chi connectivity index (χ4n) is 2.17. The fraction of sp³-hybridized carbons (Fsp3) is 0.0526. The van der Waals surface area contributed by atoms with Crippen LogP contribution in [0.5, 0.6) is 0 Å². The quantitative estimate of drug-likeness (QED) is 0.282. The standard InChI is InChI=1S/C19H17BrN4O3/c1-3-4-6-13(2)23-19(25)15-8-5-7-14(9-15)11-21-16-10-18(20)22-12-17(16)24(26)27/h3-10,12H,1-2,11H2,(H,21,22)(H,23,25)/b6-4-. The molecule has 0 atom stereocenters. The molecule has 0 aliphatic rings. The Kier molecular flexibility index (Phi) is 7.01. The number of amides is 1. The van der Waals surface area contributed by atoms with E-state index in [4.69, 9.17) is 0 Å². The number of anilines is 1. The van der Waals surface area contributed by atoms with Gasteiger partial charge in [-0.15, -0.1) is 0 Å². The molecule has 0 bridgehead atoms. The van der Waals surface area contributed by atoms with Crippen molar-refractivity contribution in [3.05, 3.63) is 99.5 Å². The van der Waals surface area contributed by atoms with E-state index in [1.165, 1.54) is 12.3 Å². The van der Waals surface area contributed by atoms with E-state index >= 15 is 0 Å². The molecule has 0 aliphatic carbocycles. The molecule has 1 aromatic carbocycles. The van der Waals surface area contributed by atoms with Gasteiger partial charge in [0.2, 0.25) is 0 Å². The molecule has 138 valence electrons. The Morgan fingerprint density at radius 1 is 1.37 bits per heavy atom. The second kappa shape index (κ2) is 9.44. The lowest BCUT2D eigenvalue weighted by atomic mass is 10.1. The van der Waals surface area contributed by atoms with Gasteiger partial charge in [0.25, 0.3) is 5.91 Å². The van der Waals surface area contributed by atoms with E-state index < -0.39 is 4.92 Å². The highest BCUT2D eigenvalue weighted by Crippen LogP contribution is 2.26. The van der Waals surface area contributed by atoms with Crippen LogP contribution in [0.2, 0.25) is 0 Å². The van der Waals surface area contributed by atoms with Crippen LogP contribution in [0.25, 0.3) is 0 Å². The van der Waals surface area contributed by atoms with Crippen molar-refractivity contribution in [2.75, 3.05) is 5.32 Å². The van der Waals surface area contributed by atoms with Crippen molar-refractivity contribution in [1.29, 1.82) is 0 Å². The highest BCUT2D eigenvalue weighted by molar-refractivity contribution is 9.10. The minimum Gasteiger partial charge on any atom is -0.375 e. The van der Waals surface area contributed by atoms with Gasteiger partial charge in [0.15, 0.2) is 0 Å². The average molecular weight is 429 g/mol. The Bertz CT molecular complexity index is 925. The van der Waals surface area contributed by atoms with Gasteiger partial charge >= 0.3 is 5.69 Å². The smallest absolute Gasteiger partial charge is 0.310 e. The molecule has 2 N–H and O–H groups in total. The van der Waals surface area contributed by atoms with E-state index in [2.05, 4.69) is 44.7 Å². The number of halogens is 1. The largest absolute Gasteiger partial charge is 0.375 e. The number of hydrogen-bond acceptors (Lipinski definition) is 5. The molecule has 0 saturated carbocycles. The van der Waals surface area contributed by atoms with Crippen LogP contribution >= 0.6 is 15.9 Å². The third-order valence-corrected chi connectivity index (χ3v) is 3.86. The van der Waals surface area contributed by atoms with E-state index in [9.17, 15) is 14.9 Å². The van der Waals surface area contributed by atoms with Gasteiger partial charge in [0.1, 0.15) is 16.5 Å². The van der Waals surface area contributed by atoms with Crippen molar-refractivity contribution in [3.63, 3.8) is 0 Å². The Balaban J connectivity index is 2.10. The molecule has 27 heavy (non-hydrogen) atoms. The number of nitrogens with one attached hydrogen (secondary N) is 2. The first kappa shape index (κ1) is 20.1. The van der Waals surface area contributed by atoms with Crippen molar-refractivity contribution in [1.82, 2.24) is 10.3 Å². The van der Waals surface area contributed by atoms with Crippen LogP contribution in [0, 0.1) is 10.1 Å². The van der Waals surface area contributed by atoms with Crippen molar-refractivity contribution < 1.29 is 9.72 Å². The summed E-state index contributed by atoms with van der Waals surface area (Å²) in [7, 11) is 0. The molecule has 8 heteroatoms. The molecule has 2 aromatic rings. The van der Waals surface area contributed by atoms with Crippen molar-refractivity contribution >= 4 is 33.2 Å². The second-order valence-electron chi connectivity index (χ2n) is 5.41. The zero-order valence-electron chi connectivity index (χ0n) is 14.3. The molecule has 0 unspecified atom stereocenters. The van der Waals surface area contributed by atoms with Gasteiger partial charge in [-0.2, -0.15) is 0 Å². The number of nitrogens with zero attached hydrogens (tertiary/aromatic N) is 2. The first-order valence-electron chi connectivity index (χ1n) is 7.83. The van der Waals surface area contributed by atoms with Crippen LogP contribution in [-0.2, 0) is 6.54 Å². The summed E-state index contributed by atoms with van der Waals surface area (Å²) in [6, 6.07) is 8.47. The average Bonchev–Trinajstić information content (AvgIpc) is 2.64. The van der Waals surface area contributed by atoms with Gasteiger partial charge in [-0.1, -0.05) is 37.4 Å². The van der Waals surface area contributed by atoms with Gasteiger partial charge in [-0.25, -0.2) is 4.98 Å². The van der Waals surface area contributed by atoms with E-state index in [0.29, 0.717) is 28.1 Å². The third-order valence-electron chi connectivity index (χ3n) is 3.43. The summed E-state index contributed by atoms with van der Waals surface area (Å²) in [5.41, 5.74) is 1.89. The van der Waals surface area contributed by atoms with Gasteiger partial charge < -0.3 is 10.6 Å². The zero-order valence-corrected chi connectivity index (χ0v) is 15.9. The minimum absolute atomic E-state index is 0.127. The van der Waals surface area contributed by atoms with E-state index in [0.717, 1.165) is 5.56 Å².